The fraction of sp³-hybridized carbons (Fsp3) is 0.238. The van der Waals surface area contributed by atoms with Crippen molar-refractivity contribution in [1.82, 2.24) is 4.98 Å². The molecular weight excluding hydrogens is 328 g/mol. The van der Waals surface area contributed by atoms with Crippen molar-refractivity contribution in [2.45, 2.75) is 27.7 Å². The van der Waals surface area contributed by atoms with Crippen molar-refractivity contribution in [3.8, 4) is 5.75 Å². The van der Waals surface area contributed by atoms with Crippen LogP contribution in [0.15, 0.2) is 41.0 Å². The molecule has 0 atom stereocenters. The quantitative estimate of drug-likeness (QED) is 0.686. The molecule has 0 saturated carbocycles. The van der Waals surface area contributed by atoms with Crippen molar-refractivity contribution in [1.29, 1.82) is 0 Å². The van der Waals surface area contributed by atoms with Crippen molar-refractivity contribution >= 4 is 28.3 Å². The molecule has 0 spiro atoms. The van der Waals surface area contributed by atoms with Gasteiger partial charge >= 0.3 is 0 Å². The van der Waals surface area contributed by atoms with E-state index in [-0.39, 0.29) is 5.91 Å². The summed E-state index contributed by atoms with van der Waals surface area (Å²) in [4.78, 5) is 16.5. The minimum atomic E-state index is -0.233. The molecular formula is C21H22N2O3. The fourth-order valence-corrected chi connectivity index (χ4v) is 2.89. The van der Waals surface area contributed by atoms with Crippen LogP contribution in [0, 0.1) is 20.8 Å². The van der Waals surface area contributed by atoms with Gasteiger partial charge in [-0.3, -0.25) is 4.79 Å². The number of anilines is 1. The number of carbonyl (C=O) groups is 1. The average molecular weight is 350 g/mol. The molecule has 26 heavy (non-hydrogen) atoms. The van der Waals surface area contributed by atoms with E-state index in [0.29, 0.717) is 11.6 Å². The molecule has 0 aliphatic heterocycles. The van der Waals surface area contributed by atoms with Gasteiger partial charge in [-0.2, -0.15) is 0 Å². The predicted octanol–water partition coefficient (Wildman–Crippen LogP) is 4.80. The van der Waals surface area contributed by atoms with E-state index < -0.39 is 0 Å². The molecule has 3 aromatic rings. The Morgan fingerprint density at radius 1 is 1.23 bits per heavy atom. The molecule has 1 aromatic carbocycles. The molecule has 0 radical (unpaired) electrons. The van der Waals surface area contributed by atoms with E-state index in [2.05, 4.69) is 10.3 Å². The summed E-state index contributed by atoms with van der Waals surface area (Å²) in [6.45, 7) is 7.79. The lowest BCUT2D eigenvalue weighted by Gasteiger charge is -2.10. The minimum Gasteiger partial charge on any atom is -0.496 e. The summed E-state index contributed by atoms with van der Waals surface area (Å²) < 4.78 is 11.3. The molecule has 0 unspecified atom stereocenters. The van der Waals surface area contributed by atoms with Gasteiger partial charge in [0.25, 0.3) is 0 Å². The number of methoxy groups -OCH3 is 1. The molecule has 0 bridgehead atoms. The molecule has 1 N–H and O–H groups in total. The largest absolute Gasteiger partial charge is 0.496 e. The highest BCUT2D eigenvalue weighted by Gasteiger charge is 2.14. The van der Waals surface area contributed by atoms with Crippen LogP contribution < -0.4 is 10.1 Å². The summed E-state index contributed by atoms with van der Waals surface area (Å²) in [7, 11) is 1.61. The van der Waals surface area contributed by atoms with E-state index in [4.69, 9.17) is 9.15 Å². The van der Waals surface area contributed by atoms with Crippen LogP contribution >= 0.6 is 0 Å². The lowest BCUT2D eigenvalue weighted by molar-refractivity contribution is -0.111. The second-order valence-electron chi connectivity index (χ2n) is 6.37. The lowest BCUT2D eigenvalue weighted by Crippen LogP contribution is -2.10. The highest BCUT2D eigenvalue weighted by atomic mass is 16.5. The van der Waals surface area contributed by atoms with Crippen molar-refractivity contribution in [2.24, 2.45) is 0 Å². The van der Waals surface area contributed by atoms with Crippen LogP contribution in [0.2, 0.25) is 0 Å². The van der Waals surface area contributed by atoms with Crippen LogP contribution in [0.3, 0.4) is 0 Å². The van der Waals surface area contributed by atoms with Gasteiger partial charge in [-0.15, -0.1) is 0 Å². The van der Waals surface area contributed by atoms with Crippen LogP contribution in [-0.2, 0) is 4.79 Å². The molecule has 0 saturated heterocycles. The monoisotopic (exact) mass is 350 g/mol. The number of rotatable bonds is 4. The van der Waals surface area contributed by atoms with E-state index in [9.17, 15) is 4.79 Å². The number of fused-ring (bicyclic) bond motifs is 1. The van der Waals surface area contributed by atoms with Crippen molar-refractivity contribution < 1.29 is 13.9 Å². The smallest absolute Gasteiger partial charge is 0.249 e. The Morgan fingerprint density at radius 2 is 2.00 bits per heavy atom. The van der Waals surface area contributed by atoms with Gasteiger partial charge in [0.2, 0.25) is 5.91 Å². The first-order chi connectivity index (χ1) is 12.4. The van der Waals surface area contributed by atoms with E-state index in [0.717, 1.165) is 39.0 Å². The number of hydrogen-bond acceptors (Lipinski definition) is 4. The van der Waals surface area contributed by atoms with Gasteiger partial charge in [-0.05, 0) is 62.6 Å². The Morgan fingerprint density at radius 3 is 2.69 bits per heavy atom. The topological polar surface area (TPSA) is 64.4 Å². The number of carbonyl (C=O) groups excluding carboxylic acids is 1. The first kappa shape index (κ1) is 17.7. The number of furan rings is 1. The molecule has 5 nitrogen and oxygen atoms in total. The van der Waals surface area contributed by atoms with Crippen molar-refractivity contribution in [2.75, 3.05) is 12.4 Å². The zero-order valence-electron chi connectivity index (χ0n) is 15.6. The highest BCUT2D eigenvalue weighted by molar-refractivity contribution is 6.04. The number of nitrogens with zero attached hydrogens (tertiary/aromatic N) is 1. The lowest BCUT2D eigenvalue weighted by atomic mass is 10.0. The fourth-order valence-electron chi connectivity index (χ4n) is 2.89. The molecule has 134 valence electrons. The summed E-state index contributed by atoms with van der Waals surface area (Å²) in [6, 6.07) is 7.57. The van der Waals surface area contributed by atoms with E-state index >= 15 is 0 Å². The zero-order valence-corrected chi connectivity index (χ0v) is 15.6. The molecule has 2 aromatic heterocycles. The summed E-state index contributed by atoms with van der Waals surface area (Å²) in [6.07, 6.45) is 3.22. The van der Waals surface area contributed by atoms with Crippen LogP contribution in [0.1, 0.15) is 29.4 Å². The zero-order chi connectivity index (χ0) is 18.8. The van der Waals surface area contributed by atoms with E-state index in [1.165, 1.54) is 0 Å². The Bertz CT molecular complexity index is 1020. The summed E-state index contributed by atoms with van der Waals surface area (Å²) in [5.41, 5.74) is 4.56. The van der Waals surface area contributed by atoms with Crippen LogP contribution in [-0.4, -0.2) is 18.0 Å². The number of nitrogens with one attached hydrogen (secondary N) is 1. The SMILES string of the molecule is COc1cc2oc(C)c(C)c2cc1/C(C)=C/C(=O)Nc1cc(C)ccn1. The number of ether oxygens (including phenoxy) is 1. The molecule has 1 amide bonds. The number of hydrogen-bond donors (Lipinski definition) is 1. The number of pyridine rings is 1. The van der Waals surface area contributed by atoms with Crippen molar-refractivity contribution in [3.05, 3.63) is 59.0 Å². The maximum absolute atomic E-state index is 12.4. The van der Waals surface area contributed by atoms with Crippen LogP contribution in [0.4, 0.5) is 5.82 Å². The van der Waals surface area contributed by atoms with Gasteiger partial charge in [-0.25, -0.2) is 4.98 Å². The number of amides is 1. The number of allylic oxidation sites excluding steroid dienone is 1. The van der Waals surface area contributed by atoms with Gasteiger partial charge in [0, 0.05) is 29.3 Å². The number of aromatic nitrogens is 1. The standard InChI is InChI=1S/C21H22N2O3/c1-12-6-7-22-20(8-12)23-21(24)9-13(2)16-10-17-14(3)15(4)26-19(17)11-18(16)25-5/h6-11H,1-5H3,(H,22,23,24)/b13-9+. The third-order valence-corrected chi connectivity index (χ3v) is 4.44. The van der Waals surface area contributed by atoms with Gasteiger partial charge in [0.15, 0.2) is 0 Å². The van der Waals surface area contributed by atoms with Crippen LogP contribution in [0.25, 0.3) is 16.5 Å². The number of benzene rings is 1. The predicted molar refractivity (Wildman–Crippen MR) is 103 cm³/mol. The van der Waals surface area contributed by atoms with E-state index in [1.807, 2.05) is 52.0 Å². The Labute approximate surface area is 152 Å². The van der Waals surface area contributed by atoms with Crippen LogP contribution in [0.5, 0.6) is 5.75 Å². The third-order valence-electron chi connectivity index (χ3n) is 4.44. The average Bonchev–Trinajstić information content (AvgIpc) is 2.87. The van der Waals surface area contributed by atoms with Crippen molar-refractivity contribution in [3.63, 3.8) is 0 Å². The van der Waals surface area contributed by atoms with Gasteiger partial charge < -0.3 is 14.5 Å². The highest BCUT2D eigenvalue weighted by Crippen LogP contribution is 2.34. The minimum absolute atomic E-state index is 0.233. The third kappa shape index (κ3) is 3.47. The molecule has 0 aliphatic carbocycles. The summed E-state index contributed by atoms with van der Waals surface area (Å²) in [5.74, 6) is 1.84. The molecule has 5 heteroatoms. The molecule has 0 fully saturated rings. The second-order valence-corrected chi connectivity index (χ2v) is 6.37. The molecule has 3 rings (SSSR count). The summed E-state index contributed by atoms with van der Waals surface area (Å²) >= 11 is 0. The maximum atomic E-state index is 12.4. The van der Waals surface area contributed by atoms with E-state index in [1.54, 1.807) is 19.4 Å². The maximum Gasteiger partial charge on any atom is 0.249 e. The Kier molecular flexibility index (Phi) is 4.80. The first-order valence-corrected chi connectivity index (χ1v) is 8.39. The number of aryl methyl sites for hydroxylation is 3. The summed E-state index contributed by atoms with van der Waals surface area (Å²) in [5, 5.41) is 3.81. The Hall–Kier alpha value is -3.08. The molecule has 2 heterocycles. The van der Waals surface area contributed by atoms with Gasteiger partial charge in [0.1, 0.15) is 22.9 Å². The normalized spacial score (nSPS) is 11.7. The molecule has 0 aliphatic rings. The Balaban J connectivity index is 1.94. The second kappa shape index (κ2) is 7.04. The van der Waals surface area contributed by atoms with Gasteiger partial charge in [-0.1, -0.05) is 0 Å². The first-order valence-electron chi connectivity index (χ1n) is 8.39. The van der Waals surface area contributed by atoms with Gasteiger partial charge in [0.05, 0.1) is 7.11 Å².